The summed E-state index contributed by atoms with van der Waals surface area (Å²) in [6.45, 7) is 4.64. The first-order chi connectivity index (χ1) is 6.25. The molecule has 1 heterocycles. The first-order valence-corrected chi connectivity index (χ1v) is 4.97. The number of likely N-dealkylation sites (N-methyl/N-ethyl adjacent to an activating group) is 1. The van der Waals surface area contributed by atoms with Crippen LogP contribution in [0, 0.1) is 0 Å². The number of nitrogens with zero attached hydrogens (tertiary/aromatic N) is 1. The third-order valence-corrected chi connectivity index (χ3v) is 2.47. The molecule has 0 aromatic heterocycles. The molecule has 5 heteroatoms. The SMILES string of the molecule is CCNC(=O)N(C)[C@H]1CCCNC1.Cl. The zero-order valence-corrected chi connectivity index (χ0v) is 9.69. The molecule has 4 nitrogen and oxygen atoms in total. The first-order valence-electron chi connectivity index (χ1n) is 4.97. The van der Waals surface area contributed by atoms with Gasteiger partial charge in [-0.05, 0) is 26.3 Å². The van der Waals surface area contributed by atoms with Gasteiger partial charge in [-0.1, -0.05) is 0 Å². The van der Waals surface area contributed by atoms with Crippen molar-refractivity contribution in [2.24, 2.45) is 0 Å². The summed E-state index contributed by atoms with van der Waals surface area (Å²) in [5.74, 6) is 0. The molecule has 2 N–H and O–H groups in total. The second-order valence-electron chi connectivity index (χ2n) is 3.45. The Morgan fingerprint density at radius 3 is 2.86 bits per heavy atom. The molecule has 1 aliphatic heterocycles. The van der Waals surface area contributed by atoms with Crippen LogP contribution in [0.1, 0.15) is 19.8 Å². The second kappa shape index (κ2) is 6.90. The van der Waals surface area contributed by atoms with E-state index in [0.29, 0.717) is 12.6 Å². The third kappa shape index (κ3) is 3.72. The predicted molar refractivity (Wildman–Crippen MR) is 60.0 cm³/mol. The Morgan fingerprint density at radius 1 is 1.64 bits per heavy atom. The third-order valence-electron chi connectivity index (χ3n) is 2.47. The summed E-state index contributed by atoms with van der Waals surface area (Å²) < 4.78 is 0. The number of carbonyl (C=O) groups is 1. The van der Waals surface area contributed by atoms with E-state index in [1.54, 1.807) is 4.90 Å². The van der Waals surface area contributed by atoms with Gasteiger partial charge in [0.05, 0.1) is 0 Å². The van der Waals surface area contributed by atoms with Crippen LogP contribution >= 0.6 is 12.4 Å². The Kier molecular flexibility index (Phi) is 6.66. The van der Waals surface area contributed by atoms with E-state index < -0.39 is 0 Å². The lowest BCUT2D eigenvalue weighted by Crippen LogP contribution is -2.50. The lowest BCUT2D eigenvalue weighted by atomic mass is 10.1. The quantitative estimate of drug-likeness (QED) is 0.726. The van der Waals surface area contributed by atoms with E-state index in [1.165, 1.54) is 0 Å². The number of urea groups is 1. The summed E-state index contributed by atoms with van der Waals surface area (Å²) in [6, 6.07) is 0.400. The van der Waals surface area contributed by atoms with Gasteiger partial charge in [-0.15, -0.1) is 12.4 Å². The summed E-state index contributed by atoms with van der Waals surface area (Å²) in [5.41, 5.74) is 0. The maximum absolute atomic E-state index is 11.4. The van der Waals surface area contributed by atoms with Crippen LogP contribution in [0.15, 0.2) is 0 Å². The smallest absolute Gasteiger partial charge is 0.317 e. The van der Waals surface area contributed by atoms with Crippen LogP contribution < -0.4 is 10.6 Å². The zero-order chi connectivity index (χ0) is 9.68. The van der Waals surface area contributed by atoms with Gasteiger partial charge < -0.3 is 15.5 Å². The van der Waals surface area contributed by atoms with Gasteiger partial charge in [-0.3, -0.25) is 0 Å². The van der Waals surface area contributed by atoms with Gasteiger partial charge in [-0.25, -0.2) is 4.79 Å². The highest BCUT2D eigenvalue weighted by molar-refractivity contribution is 5.85. The van der Waals surface area contributed by atoms with Crippen molar-refractivity contribution in [1.29, 1.82) is 0 Å². The molecule has 1 atom stereocenters. The normalized spacial score (nSPS) is 20.9. The molecule has 0 radical (unpaired) electrons. The maximum Gasteiger partial charge on any atom is 0.317 e. The van der Waals surface area contributed by atoms with Crippen molar-refractivity contribution in [3.8, 4) is 0 Å². The molecule has 14 heavy (non-hydrogen) atoms. The Balaban J connectivity index is 0.00000169. The molecule has 0 unspecified atom stereocenters. The molecule has 0 saturated carbocycles. The molecule has 1 aliphatic rings. The Labute approximate surface area is 91.8 Å². The molecule has 0 bridgehead atoms. The topological polar surface area (TPSA) is 44.4 Å². The van der Waals surface area contributed by atoms with Crippen LogP contribution in [-0.2, 0) is 0 Å². The van der Waals surface area contributed by atoms with E-state index in [0.717, 1.165) is 25.9 Å². The largest absolute Gasteiger partial charge is 0.338 e. The number of halogens is 1. The van der Waals surface area contributed by atoms with Gasteiger partial charge in [0.25, 0.3) is 0 Å². The Bertz CT molecular complexity index is 171. The summed E-state index contributed by atoms with van der Waals surface area (Å²) in [4.78, 5) is 13.2. The van der Waals surface area contributed by atoms with Gasteiger partial charge >= 0.3 is 6.03 Å². The molecule has 2 amide bonds. The van der Waals surface area contributed by atoms with E-state index in [1.807, 2.05) is 14.0 Å². The number of piperidine rings is 1. The van der Waals surface area contributed by atoms with Crippen LogP contribution in [0.2, 0.25) is 0 Å². The van der Waals surface area contributed by atoms with Crippen molar-refractivity contribution in [2.45, 2.75) is 25.8 Å². The highest BCUT2D eigenvalue weighted by Crippen LogP contribution is 2.07. The van der Waals surface area contributed by atoms with Crippen LogP contribution in [0.5, 0.6) is 0 Å². The van der Waals surface area contributed by atoms with E-state index >= 15 is 0 Å². The van der Waals surface area contributed by atoms with Gasteiger partial charge in [0.1, 0.15) is 0 Å². The monoisotopic (exact) mass is 221 g/mol. The molecule has 1 saturated heterocycles. The first kappa shape index (κ1) is 13.5. The molecule has 0 aromatic carbocycles. The second-order valence-corrected chi connectivity index (χ2v) is 3.45. The lowest BCUT2D eigenvalue weighted by molar-refractivity contribution is 0.179. The van der Waals surface area contributed by atoms with E-state index in [9.17, 15) is 4.79 Å². The zero-order valence-electron chi connectivity index (χ0n) is 8.88. The van der Waals surface area contributed by atoms with Crippen LogP contribution in [0.25, 0.3) is 0 Å². The average molecular weight is 222 g/mol. The summed E-state index contributed by atoms with van der Waals surface area (Å²) in [5, 5.41) is 6.09. The summed E-state index contributed by atoms with van der Waals surface area (Å²) >= 11 is 0. The Morgan fingerprint density at radius 2 is 2.36 bits per heavy atom. The molecular formula is C9H20ClN3O. The van der Waals surface area contributed by atoms with Crippen molar-refractivity contribution in [2.75, 3.05) is 26.7 Å². The predicted octanol–water partition coefficient (Wildman–Crippen LogP) is 0.821. The average Bonchev–Trinajstić information content (AvgIpc) is 2.18. The van der Waals surface area contributed by atoms with E-state index in [2.05, 4.69) is 10.6 Å². The summed E-state index contributed by atoms with van der Waals surface area (Å²) in [6.07, 6.45) is 2.27. The maximum atomic E-state index is 11.4. The van der Waals surface area contributed by atoms with Crippen molar-refractivity contribution < 1.29 is 4.79 Å². The van der Waals surface area contributed by atoms with E-state index in [-0.39, 0.29) is 18.4 Å². The van der Waals surface area contributed by atoms with Gasteiger partial charge in [0.15, 0.2) is 0 Å². The minimum atomic E-state index is 0. The highest BCUT2D eigenvalue weighted by Gasteiger charge is 2.20. The van der Waals surface area contributed by atoms with Crippen LogP contribution in [0.3, 0.4) is 0 Å². The lowest BCUT2D eigenvalue weighted by Gasteiger charge is -2.31. The van der Waals surface area contributed by atoms with Gasteiger partial charge in [-0.2, -0.15) is 0 Å². The van der Waals surface area contributed by atoms with Crippen molar-refractivity contribution in [3.63, 3.8) is 0 Å². The number of nitrogens with one attached hydrogen (secondary N) is 2. The molecule has 84 valence electrons. The van der Waals surface area contributed by atoms with Crippen LogP contribution in [0.4, 0.5) is 4.79 Å². The molecule has 1 fully saturated rings. The van der Waals surface area contributed by atoms with Crippen molar-refractivity contribution in [1.82, 2.24) is 15.5 Å². The number of carbonyl (C=O) groups excluding carboxylic acids is 1. The fourth-order valence-electron chi connectivity index (χ4n) is 1.61. The van der Waals surface area contributed by atoms with Gasteiger partial charge in [0.2, 0.25) is 0 Å². The number of hydrogen-bond acceptors (Lipinski definition) is 2. The fourth-order valence-corrected chi connectivity index (χ4v) is 1.61. The number of hydrogen-bond donors (Lipinski definition) is 2. The highest BCUT2D eigenvalue weighted by atomic mass is 35.5. The standard InChI is InChI=1S/C9H19N3O.ClH/c1-3-11-9(13)12(2)8-5-4-6-10-7-8;/h8,10H,3-7H2,1-2H3,(H,11,13);1H/t8-;/m0./s1. The van der Waals surface area contributed by atoms with E-state index in [4.69, 9.17) is 0 Å². The van der Waals surface area contributed by atoms with Gasteiger partial charge in [0, 0.05) is 26.2 Å². The molecule has 0 aliphatic carbocycles. The minimum Gasteiger partial charge on any atom is -0.338 e. The minimum absolute atomic E-state index is 0. The van der Waals surface area contributed by atoms with Crippen molar-refractivity contribution in [3.05, 3.63) is 0 Å². The Hall–Kier alpha value is -0.480. The number of amides is 2. The number of rotatable bonds is 2. The fraction of sp³-hybridized carbons (Fsp3) is 0.889. The van der Waals surface area contributed by atoms with Crippen molar-refractivity contribution >= 4 is 18.4 Å². The summed E-state index contributed by atoms with van der Waals surface area (Å²) in [7, 11) is 1.86. The van der Waals surface area contributed by atoms with Crippen LogP contribution in [-0.4, -0.2) is 43.7 Å². The molecular weight excluding hydrogens is 202 g/mol. The molecule has 0 aromatic rings. The molecule has 1 rings (SSSR count). The molecule has 0 spiro atoms.